The van der Waals surface area contributed by atoms with Gasteiger partial charge < -0.3 is 73.5 Å². The predicted molar refractivity (Wildman–Crippen MR) is 562 cm³/mol. The lowest BCUT2D eigenvalue weighted by Crippen LogP contribution is -2.49. The first-order chi connectivity index (χ1) is 65.4. The summed E-state index contributed by atoms with van der Waals surface area (Å²) in [4.78, 5) is 63.0. The van der Waals surface area contributed by atoms with Crippen molar-refractivity contribution < 1.29 is 38.0 Å². The summed E-state index contributed by atoms with van der Waals surface area (Å²) in [5.74, 6) is 7.56. The fraction of sp³-hybridized carbons (Fsp3) is 0.567. The van der Waals surface area contributed by atoms with E-state index in [-0.39, 0.29) is 35.6 Å². The van der Waals surface area contributed by atoms with Crippen molar-refractivity contribution in [3.05, 3.63) is 139 Å². The molecule has 4 saturated carbocycles. The van der Waals surface area contributed by atoms with Crippen molar-refractivity contribution in [3.8, 4) is 57.2 Å². The molecule has 742 valence electrons. The third-order valence-corrected chi connectivity index (χ3v) is 31.7. The van der Waals surface area contributed by atoms with Crippen LogP contribution in [0.15, 0.2) is 127 Å². The van der Waals surface area contributed by atoms with E-state index in [1.165, 1.54) is 19.4 Å². The molecular formula is C104H151N23O8Si3. The molecule has 5 aliphatic heterocycles. The van der Waals surface area contributed by atoms with Gasteiger partial charge in [-0.2, -0.15) is 15.3 Å². The molecule has 0 unspecified atom stereocenters. The van der Waals surface area contributed by atoms with E-state index < -0.39 is 24.2 Å². The van der Waals surface area contributed by atoms with Gasteiger partial charge in [0.15, 0.2) is 0 Å². The van der Waals surface area contributed by atoms with Crippen molar-refractivity contribution in [3.63, 3.8) is 0 Å². The summed E-state index contributed by atoms with van der Waals surface area (Å²) in [6.07, 6.45) is 15.5. The molecule has 0 bridgehead atoms. The van der Waals surface area contributed by atoms with Gasteiger partial charge in [-0.3, -0.25) is 9.89 Å². The lowest BCUT2D eigenvalue weighted by Gasteiger charge is -2.37. The van der Waals surface area contributed by atoms with Crippen LogP contribution in [0.2, 0.25) is 77.1 Å². The number of fused-ring (bicyclic) bond motifs is 4. The minimum Gasteiger partial charge on any atom is -0.488 e. The fourth-order valence-electron chi connectivity index (χ4n) is 17.1. The van der Waals surface area contributed by atoms with Gasteiger partial charge in [-0.15, -0.1) is 0 Å². The summed E-state index contributed by atoms with van der Waals surface area (Å²) in [5, 5.41) is 28.2. The van der Waals surface area contributed by atoms with Gasteiger partial charge in [-0.05, 0) is 211 Å². The zero-order valence-electron chi connectivity index (χ0n) is 84.6. The van der Waals surface area contributed by atoms with E-state index in [2.05, 4.69) is 255 Å². The van der Waals surface area contributed by atoms with Crippen molar-refractivity contribution >= 4 is 91.7 Å². The Hall–Kier alpha value is -10.3. The van der Waals surface area contributed by atoms with Crippen LogP contribution in [0.1, 0.15) is 145 Å². The smallest absolute Gasteiger partial charge is 0.140 e. The average Bonchev–Trinajstić information content (AvgIpc) is 2.28. The normalized spacial score (nSPS) is 18.9. The second kappa shape index (κ2) is 43.8. The molecule has 20 rings (SSSR count). The largest absolute Gasteiger partial charge is 0.488 e. The van der Waals surface area contributed by atoms with Crippen molar-refractivity contribution in [1.29, 1.82) is 0 Å². The molecule has 12 heterocycles. The number of nitrogens with one attached hydrogen (secondary N) is 3. The average molecular weight is 1940 g/mol. The Kier molecular flexibility index (Phi) is 32.4. The molecule has 0 amide bonds. The number of anilines is 4. The quantitative estimate of drug-likeness (QED) is 0.0261. The first-order valence-corrected chi connectivity index (χ1v) is 60.9. The van der Waals surface area contributed by atoms with Gasteiger partial charge in [0, 0.05) is 200 Å². The summed E-state index contributed by atoms with van der Waals surface area (Å²) in [6, 6.07) is 38.0. The van der Waals surface area contributed by atoms with Gasteiger partial charge in [0.2, 0.25) is 0 Å². The van der Waals surface area contributed by atoms with E-state index in [4.69, 9.17) is 53.4 Å². The number of hydrogen-bond acceptors (Lipinski definition) is 28. The van der Waals surface area contributed by atoms with Crippen LogP contribution in [0, 0.1) is 0 Å². The van der Waals surface area contributed by atoms with E-state index in [0.717, 1.165) is 311 Å². The van der Waals surface area contributed by atoms with E-state index >= 15 is 0 Å². The standard InChI is InChI=1S/2C26H38N6O2Si.C25H36N6O2Si.C23H29N5O.C3H6O.CH4/c2*1-19-16-31(11-10-27-19)24-15-23(28-17-29-24)25-21-14-20(34-26(2)8-9-26)6-7-22(21)30-32(25)18-33-12-13-35(3,4)5;1-25(7-8-25)33-19-5-6-21-20(15-19)24(31(29-21)18-32-13-14-34(2,3)4)22-16-23(28-17-27-22)30-11-9-26-10-12-30;1-16(2)27-8-10-28(11-9-27)21-13-20(25-15-26-21)22-19-12-18(29-23(3)6-7-23)5-4-17(19)14-24-22;1-3(2)4;/h2*6-7,14-15,17,19,27H,8-13,16,18H2,1-5H3;5-6,15-17,26H,7-14,18H2,1-4H3;4-5,12-13,15-16H,6-11,14H2,1-3H3;1-2H3;1H4/t2*19-;;;;/m10..../s1. The van der Waals surface area contributed by atoms with E-state index in [1.54, 1.807) is 25.3 Å². The van der Waals surface area contributed by atoms with E-state index in [1.807, 2.05) is 50.4 Å². The molecule has 11 aromatic rings. The number of ether oxygens (including phenoxy) is 7. The van der Waals surface area contributed by atoms with Crippen molar-refractivity contribution in [1.82, 2.24) is 90.1 Å². The van der Waals surface area contributed by atoms with Crippen molar-refractivity contribution in [2.45, 2.75) is 272 Å². The first kappa shape index (κ1) is 102. The Morgan fingerprint density at radius 2 is 0.732 bits per heavy atom. The highest BCUT2D eigenvalue weighted by atomic mass is 28.3. The fourth-order valence-corrected chi connectivity index (χ4v) is 19.4. The number of nitrogens with zero attached hydrogens (tertiary/aromatic N) is 20. The Balaban J connectivity index is 0.000000138. The number of carbonyl (C=O) groups is 1. The molecule has 138 heavy (non-hydrogen) atoms. The van der Waals surface area contributed by atoms with Crippen LogP contribution < -0.4 is 54.5 Å². The molecule has 31 nitrogen and oxygen atoms in total. The number of piperazine rings is 4. The van der Waals surface area contributed by atoms with E-state index in [9.17, 15) is 4.79 Å². The number of carbonyl (C=O) groups excluding carboxylic acids is 1. The summed E-state index contributed by atoms with van der Waals surface area (Å²) in [7, 11) is -3.49. The number of aliphatic imine (C=N–C) groups is 1. The molecule has 0 spiro atoms. The number of Topliss-reactive ketones (excluding diaryl/α,β-unsaturated/α-hetero) is 1. The molecule has 3 N–H and O–H groups in total. The first-order valence-electron chi connectivity index (χ1n) is 49.8. The van der Waals surface area contributed by atoms with Crippen molar-refractivity contribution in [2.24, 2.45) is 4.99 Å². The molecule has 0 radical (unpaired) electrons. The zero-order chi connectivity index (χ0) is 96.6. The maximum Gasteiger partial charge on any atom is 0.140 e. The molecule has 2 atom stereocenters. The second-order valence-corrected chi connectivity index (χ2v) is 60.6. The highest BCUT2D eigenvalue weighted by molar-refractivity contribution is 6.76. The lowest BCUT2D eigenvalue weighted by atomic mass is 10.0. The van der Waals surface area contributed by atoms with Crippen LogP contribution in [0.3, 0.4) is 0 Å². The van der Waals surface area contributed by atoms with Crippen LogP contribution >= 0.6 is 0 Å². The Morgan fingerprint density at radius 3 is 1.07 bits per heavy atom. The van der Waals surface area contributed by atoms with Crippen LogP contribution in [0.5, 0.6) is 23.0 Å². The molecular weight excluding hydrogens is 1780 g/mol. The SMILES string of the molecule is C.CC(C)=O.CC(C)N1CCN(c2cc(C3=NCc4ccc(OC5(C)CC5)cc43)ncn2)CC1.CC1(Oc2ccc3nn(COCC[Si](C)(C)C)c(-c4cc(N5CCNCC5)ncn4)c3c2)CC1.C[C@@H]1CN(c2cc(-c3c4cc(OC5(C)CC5)ccc4nn3COCC[Si](C)(C)C)ncn2)CCN1.C[C@H]1CN(c2cc(-c3c4cc(OC5(C)CC5)ccc4nn3COCC[Si](C)(C)C)ncn2)CCN1. The van der Waals surface area contributed by atoms with Gasteiger partial charge in [0.25, 0.3) is 0 Å². The third kappa shape index (κ3) is 27.9. The van der Waals surface area contributed by atoms with Crippen molar-refractivity contribution in [2.75, 3.05) is 131 Å². The van der Waals surface area contributed by atoms with Crippen LogP contribution in [0.25, 0.3) is 66.9 Å². The molecule has 34 heteroatoms. The van der Waals surface area contributed by atoms with E-state index in [0.29, 0.717) is 44.9 Å². The molecule has 9 aliphatic rings. The second-order valence-electron chi connectivity index (χ2n) is 43.7. The predicted octanol–water partition coefficient (Wildman–Crippen LogP) is 17.7. The van der Waals surface area contributed by atoms with Gasteiger partial charge in [-0.1, -0.05) is 72.4 Å². The zero-order valence-corrected chi connectivity index (χ0v) is 87.6. The number of ketones is 1. The van der Waals surface area contributed by atoms with Gasteiger partial charge in [-0.25, -0.2) is 53.9 Å². The summed E-state index contributed by atoms with van der Waals surface area (Å²) < 4.78 is 49.1. The monoisotopic (exact) mass is 1930 g/mol. The topological polar surface area (TPSA) is 303 Å². The minimum atomic E-state index is -1.16. The van der Waals surface area contributed by atoms with Gasteiger partial charge >= 0.3 is 0 Å². The summed E-state index contributed by atoms with van der Waals surface area (Å²) in [6.45, 7) is 59.6. The highest BCUT2D eigenvalue weighted by Gasteiger charge is 2.44. The van der Waals surface area contributed by atoms with Crippen LogP contribution in [0.4, 0.5) is 23.3 Å². The number of hydrogen-bond donors (Lipinski definition) is 3. The highest BCUT2D eigenvalue weighted by Crippen LogP contribution is 2.46. The maximum atomic E-state index is 9.44. The Bertz CT molecular complexity index is 5810. The Labute approximate surface area is 819 Å². The number of benzene rings is 4. The summed E-state index contributed by atoms with van der Waals surface area (Å²) >= 11 is 0. The minimum absolute atomic E-state index is 0. The van der Waals surface area contributed by atoms with Gasteiger partial charge in [0.1, 0.15) is 120 Å². The lowest BCUT2D eigenvalue weighted by molar-refractivity contribution is -0.115. The van der Waals surface area contributed by atoms with Gasteiger partial charge in [0.05, 0.1) is 68.7 Å². The molecule has 8 fully saturated rings. The number of aromatic nitrogens is 14. The maximum absolute atomic E-state index is 9.44. The summed E-state index contributed by atoms with van der Waals surface area (Å²) in [5.41, 5.74) is 12.3. The molecule has 7 aromatic heterocycles. The van der Waals surface area contributed by atoms with Crippen LogP contribution in [-0.2, 0) is 45.7 Å². The van der Waals surface area contributed by atoms with Crippen LogP contribution in [-0.4, -0.2) is 262 Å². The molecule has 4 aromatic carbocycles. The number of rotatable bonds is 32. The Morgan fingerprint density at radius 1 is 0.413 bits per heavy atom. The molecule has 4 aliphatic carbocycles. The third-order valence-electron chi connectivity index (χ3n) is 26.6. The molecule has 4 saturated heterocycles.